The second-order valence-electron chi connectivity index (χ2n) is 5.86. The van der Waals surface area contributed by atoms with E-state index in [1.165, 1.54) is 18.3 Å². The summed E-state index contributed by atoms with van der Waals surface area (Å²) >= 11 is 5.22. The van der Waals surface area contributed by atoms with Crippen LogP contribution in [0.4, 0.5) is 0 Å². The highest BCUT2D eigenvalue weighted by molar-refractivity contribution is 7.90. The number of nitrogens with one attached hydrogen (secondary N) is 2. The normalized spacial score (nSPS) is 10.8. The van der Waals surface area contributed by atoms with Gasteiger partial charge in [0.05, 0.1) is 5.70 Å². The van der Waals surface area contributed by atoms with Crippen molar-refractivity contribution >= 4 is 38.8 Å². The summed E-state index contributed by atoms with van der Waals surface area (Å²) in [5, 5.41) is 2.53. The molecule has 0 aliphatic heterocycles. The van der Waals surface area contributed by atoms with E-state index in [4.69, 9.17) is 12.2 Å². The number of hydrogen-bond donors (Lipinski definition) is 2. The molecule has 1 aromatic heterocycles. The molecule has 0 saturated heterocycles. The van der Waals surface area contributed by atoms with Crippen LogP contribution in [0, 0.1) is 0 Å². The second kappa shape index (κ2) is 9.40. The molecule has 1 aromatic carbocycles. The van der Waals surface area contributed by atoms with Crippen molar-refractivity contribution in [3.8, 4) is 0 Å². The molecule has 0 spiro atoms. The highest BCUT2D eigenvalue weighted by Gasteiger charge is 2.21. The third-order valence-corrected chi connectivity index (χ3v) is 5.32. The van der Waals surface area contributed by atoms with Crippen LogP contribution in [0.5, 0.6) is 0 Å². The van der Waals surface area contributed by atoms with E-state index in [0.717, 1.165) is 10.6 Å². The van der Waals surface area contributed by atoms with E-state index in [1.807, 2.05) is 30.3 Å². The van der Waals surface area contributed by atoms with Crippen LogP contribution >= 0.6 is 12.2 Å². The van der Waals surface area contributed by atoms with E-state index < -0.39 is 21.7 Å². The number of hydrogen-bond acceptors (Lipinski definition) is 6. The Hall–Kier alpha value is -2.82. The Morgan fingerprint density at radius 2 is 1.75 bits per heavy atom. The molecule has 0 fully saturated rings. The van der Waals surface area contributed by atoms with E-state index in [0.29, 0.717) is 11.3 Å². The Morgan fingerprint density at radius 1 is 1.11 bits per heavy atom. The standard InChI is InChI=1S/C18H21N5O3S2/c1-14(15-8-5-4-6-9-15)22(2)20-17(24)13-28(25,26)21-23(3)18(27)16-10-7-11-19-12-16/h4-12,21H,1,13H2,2-3H3,(H,20,24). The Morgan fingerprint density at radius 3 is 2.36 bits per heavy atom. The summed E-state index contributed by atoms with van der Waals surface area (Å²) in [6, 6.07) is 12.6. The molecule has 1 heterocycles. The number of amides is 1. The maximum Gasteiger partial charge on any atom is 0.255 e. The van der Waals surface area contributed by atoms with Gasteiger partial charge in [-0.3, -0.25) is 25.2 Å². The Bertz CT molecular complexity index is 950. The highest BCUT2D eigenvalue weighted by atomic mass is 32.2. The molecule has 0 radical (unpaired) electrons. The van der Waals surface area contributed by atoms with Gasteiger partial charge in [0.15, 0.2) is 0 Å². The van der Waals surface area contributed by atoms with Crippen LogP contribution in [0.15, 0.2) is 61.4 Å². The van der Waals surface area contributed by atoms with Gasteiger partial charge in [0.2, 0.25) is 10.0 Å². The highest BCUT2D eigenvalue weighted by Crippen LogP contribution is 2.13. The van der Waals surface area contributed by atoms with Crippen LogP contribution in [0.1, 0.15) is 11.1 Å². The molecule has 10 heteroatoms. The first-order valence-electron chi connectivity index (χ1n) is 8.15. The quantitative estimate of drug-likeness (QED) is 0.490. The summed E-state index contributed by atoms with van der Waals surface area (Å²) in [7, 11) is -0.937. The minimum atomic E-state index is -3.97. The lowest BCUT2D eigenvalue weighted by Crippen LogP contribution is -2.48. The fourth-order valence-electron chi connectivity index (χ4n) is 2.25. The average Bonchev–Trinajstić information content (AvgIpc) is 2.67. The summed E-state index contributed by atoms with van der Waals surface area (Å²) in [4.78, 5) is 18.6. The minimum Gasteiger partial charge on any atom is -0.289 e. The van der Waals surface area contributed by atoms with Gasteiger partial charge >= 0.3 is 0 Å². The Labute approximate surface area is 169 Å². The van der Waals surface area contributed by atoms with Crippen LogP contribution in [0.25, 0.3) is 5.70 Å². The summed E-state index contributed by atoms with van der Waals surface area (Å²) in [6.45, 7) is 3.89. The molecule has 0 aliphatic rings. The number of benzene rings is 1. The van der Waals surface area contributed by atoms with Crippen LogP contribution in [0.3, 0.4) is 0 Å². The number of nitrogens with zero attached hydrogens (tertiary/aromatic N) is 3. The molecule has 2 aromatic rings. The fraction of sp³-hybridized carbons (Fsp3) is 0.167. The summed E-state index contributed by atoms with van der Waals surface area (Å²) < 4.78 is 24.6. The Kier molecular flexibility index (Phi) is 7.21. The van der Waals surface area contributed by atoms with Crippen molar-refractivity contribution in [1.82, 2.24) is 25.3 Å². The number of hydrazine groups is 2. The zero-order valence-electron chi connectivity index (χ0n) is 15.5. The smallest absolute Gasteiger partial charge is 0.255 e. The zero-order chi connectivity index (χ0) is 20.7. The number of sulfonamides is 1. The molecule has 0 unspecified atom stereocenters. The monoisotopic (exact) mass is 419 g/mol. The summed E-state index contributed by atoms with van der Waals surface area (Å²) in [5.74, 6) is -1.49. The predicted octanol–water partition coefficient (Wildman–Crippen LogP) is 1.16. The van der Waals surface area contributed by atoms with Gasteiger partial charge in [-0.15, -0.1) is 4.83 Å². The molecule has 0 atom stereocenters. The van der Waals surface area contributed by atoms with E-state index in [2.05, 4.69) is 21.8 Å². The molecule has 8 nitrogen and oxygen atoms in total. The van der Waals surface area contributed by atoms with Crippen molar-refractivity contribution in [1.29, 1.82) is 0 Å². The number of carbonyl (C=O) groups is 1. The number of pyridine rings is 1. The summed E-state index contributed by atoms with van der Waals surface area (Å²) in [5.41, 5.74) is 4.38. The van der Waals surface area contributed by atoms with Crippen LogP contribution in [-0.2, 0) is 14.8 Å². The molecule has 1 amide bonds. The van der Waals surface area contributed by atoms with Gasteiger partial charge in [-0.05, 0) is 17.7 Å². The molecular weight excluding hydrogens is 398 g/mol. The molecule has 28 heavy (non-hydrogen) atoms. The zero-order valence-corrected chi connectivity index (χ0v) is 17.1. The molecule has 0 aliphatic carbocycles. The van der Waals surface area contributed by atoms with Crippen LogP contribution in [0.2, 0.25) is 0 Å². The second-order valence-corrected chi connectivity index (χ2v) is 7.95. The first kappa shape index (κ1) is 21.5. The maximum atomic E-state index is 12.3. The van der Waals surface area contributed by atoms with Crippen molar-refractivity contribution in [3.05, 3.63) is 72.6 Å². The van der Waals surface area contributed by atoms with Gasteiger partial charge in [0.25, 0.3) is 5.91 Å². The molecule has 148 valence electrons. The Balaban J connectivity index is 1.93. The van der Waals surface area contributed by atoms with E-state index in [9.17, 15) is 13.2 Å². The van der Waals surface area contributed by atoms with Crippen molar-refractivity contribution in [2.45, 2.75) is 0 Å². The van der Waals surface area contributed by atoms with Crippen molar-refractivity contribution < 1.29 is 13.2 Å². The largest absolute Gasteiger partial charge is 0.289 e. The first-order chi connectivity index (χ1) is 13.2. The van der Waals surface area contributed by atoms with Crippen molar-refractivity contribution in [2.24, 2.45) is 0 Å². The predicted molar refractivity (Wildman–Crippen MR) is 112 cm³/mol. The van der Waals surface area contributed by atoms with Gasteiger partial charge in [-0.25, -0.2) is 8.42 Å². The third kappa shape index (κ3) is 6.12. The van der Waals surface area contributed by atoms with Crippen molar-refractivity contribution in [2.75, 3.05) is 19.8 Å². The fourth-order valence-corrected chi connectivity index (χ4v) is 3.46. The summed E-state index contributed by atoms with van der Waals surface area (Å²) in [6.07, 6.45) is 3.10. The van der Waals surface area contributed by atoms with Crippen LogP contribution < -0.4 is 10.3 Å². The van der Waals surface area contributed by atoms with E-state index in [-0.39, 0.29) is 4.99 Å². The molecule has 0 saturated carbocycles. The minimum absolute atomic E-state index is 0.228. The van der Waals surface area contributed by atoms with E-state index >= 15 is 0 Å². The van der Waals surface area contributed by atoms with Gasteiger partial charge < -0.3 is 0 Å². The molecule has 2 N–H and O–H groups in total. The first-order valence-corrected chi connectivity index (χ1v) is 10.2. The van der Waals surface area contributed by atoms with Gasteiger partial charge in [-0.1, -0.05) is 49.1 Å². The molecule has 2 rings (SSSR count). The number of thiocarbonyl (C=S) groups is 1. The van der Waals surface area contributed by atoms with Gasteiger partial charge in [-0.2, -0.15) is 0 Å². The van der Waals surface area contributed by atoms with Gasteiger partial charge in [0, 0.05) is 32.1 Å². The average molecular weight is 420 g/mol. The number of carbonyl (C=O) groups excluding carboxylic acids is 1. The number of rotatable bonds is 8. The van der Waals surface area contributed by atoms with E-state index in [1.54, 1.807) is 25.4 Å². The molecular formula is C18H21N5O3S2. The number of aromatic nitrogens is 1. The SMILES string of the molecule is C=C(c1ccccc1)N(C)NC(=O)CS(=O)(=O)NN(C)C(=S)c1cccnc1. The van der Waals surface area contributed by atoms with Crippen molar-refractivity contribution in [3.63, 3.8) is 0 Å². The lowest BCUT2D eigenvalue weighted by molar-refractivity contribution is -0.121. The lowest BCUT2D eigenvalue weighted by Gasteiger charge is -2.24. The lowest BCUT2D eigenvalue weighted by atomic mass is 10.2. The maximum absolute atomic E-state index is 12.3. The van der Waals surface area contributed by atoms with Crippen LogP contribution in [-0.4, -0.2) is 54.2 Å². The third-order valence-electron chi connectivity index (χ3n) is 3.61. The topological polar surface area (TPSA) is 94.6 Å². The molecule has 0 bridgehead atoms. The van der Waals surface area contributed by atoms with Gasteiger partial charge in [0.1, 0.15) is 10.7 Å².